The molecule has 0 bridgehead atoms. The highest BCUT2D eigenvalue weighted by molar-refractivity contribution is 6.10. The number of pyridine rings is 1. The monoisotopic (exact) mass is 661 g/mol. The van der Waals surface area contributed by atoms with Crippen LogP contribution in [0.3, 0.4) is 0 Å². The quantitative estimate of drug-likeness (QED) is 0.161. The van der Waals surface area contributed by atoms with Crippen molar-refractivity contribution in [1.82, 2.24) is 9.88 Å². The predicted octanol–water partition coefficient (Wildman–Crippen LogP) is 9.01. The van der Waals surface area contributed by atoms with Crippen molar-refractivity contribution in [2.75, 3.05) is 61.7 Å². The second-order valence-corrected chi connectivity index (χ2v) is 11.3. The number of aliphatic imine (C=N–C) groups is 1. The topological polar surface area (TPSA) is 74.6 Å². The molecule has 4 rings (SSSR count). The lowest BCUT2D eigenvalue weighted by atomic mass is 10.00. The molecule has 8 nitrogen and oxygen atoms in total. The minimum absolute atomic E-state index is 0.588. The van der Waals surface area contributed by atoms with E-state index in [4.69, 9.17) is 28.7 Å². The molecule has 0 atom stereocenters. The number of rotatable bonds is 15. The van der Waals surface area contributed by atoms with Gasteiger partial charge in [0.25, 0.3) is 0 Å². The Balaban J connectivity index is 0.000000327. The Morgan fingerprint density at radius 1 is 0.729 bits per heavy atom. The molecule has 0 aliphatic carbocycles. The first kappa shape index (κ1) is 40.1. The Kier molecular flexibility index (Phi) is 18.2. The third kappa shape index (κ3) is 11.3. The van der Waals surface area contributed by atoms with Gasteiger partial charge in [0.15, 0.2) is 11.5 Å². The second-order valence-electron chi connectivity index (χ2n) is 11.3. The molecular formula is C40H59N3O5. The summed E-state index contributed by atoms with van der Waals surface area (Å²) in [5.74, 6) is 3.54. The van der Waals surface area contributed by atoms with Crippen molar-refractivity contribution >= 4 is 5.71 Å². The molecule has 0 fully saturated rings. The van der Waals surface area contributed by atoms with Crippen LogP contribution in [0.2, 0.25) is 0 Å². The first-order valence-electron chi connectivity index (χ1n) is 17.3. The molecule has 48 heavy (non-hydrogen) atoms. The summed E-state index contributed by atoms with van der Waals surface area (Å²) in [7, 11) is 8.21. The van der Waals surface area contributed by atoms with Crippen molar-refractivity contribution in [2.24, 2.45) is 4.99 Å². The average molecular weight is 662 g/mol. The van der Waals surface area contributed by atoms with Gasteiger partial charge in [0, 0.05) is 36.0 Å². The van der Waals surface area contributed by atoms with Crippen molar-refractivity contribution in [3.8, 4) is 40.0 Å². The van der Waals surface area contributed by atoms with Crippen LogP contribution in [0.1, 0.15) is 77.0 Å². The standard InChI is InChI=1S/C22H34N2O2.C16H19NO3.C2H6/c1-6-8-12-24(11-7-2)16-18-9-10-23-20(13-18)19-14-21(25-4)17(3)22(15-19)26-5;1-5-11-6-7-17-13(8-11)12-9-14(18-2)16(20-4)15(10-12)19-3;1-2/h13-15H,6-12,16H2,1-5H3;6-10H,5H2,1-4H3;1-2H3. The number of allylic oxidation sites excluding steroid dienone is 1. The molecule has 1 aliphatic rings. The number of benzene rings is 2. The first-order chi connectivity index (χ1) is 23.3. The normalized spacial score (nSPS) is 12.1. The molecule has 1 aliphatic heterocycles. The average Bonchev–Trinajstić information content (AvgIpc) is 3.14. The van der Waals surface area contributed by atoms with Gasteiger partial charge < -0.3 is 23.7 Å². The Hall–Kier alpha value is -4.04. The Morgan fingerprint density at radius 3 is 1.85 bits per heavy atom. The largest absolute Gasteiger partial charge is 0.496 e. The van der Waals surface area contributed by atoms with Gasteiger partial charge in [0.2, 0.25) is 5.75 Å². The van der Waals surface area contributed by atoms with Gasteiger partial charge >= 0.3 is 0 Å². The molecule has 0 radical (unpaired) electrons. The molecule has 0 saturated carbocycles. The number of hydrogen-bond donors (Lipinski definition) is 0. The van der Waals surface area contributed by atoms with Crippen molar-refractivity contribution < 1.29 is 23.7 Å². The molecule has 264 valence electrons. The van der Waals surface area contributed by atoms with E-state index < -0.39 is 0 Å². The van der Waals surface area contributed by atoms with Crippen LogP contribution in [0.4, 0.5) is 0 Å². The number of aryl methyl sites for hydroxylation is 1. The fourth-order valence-corrected chi connectivity index (χ4v) is 5.50. The minimum Gasteiger partial charge on any atom is -0.496 e. The van der Waals surface area contributed by atoms with Crippen LogP contribution in [0.15, 0.2) is 59.2 Å². The highest BCUT2D eigenvalue weighted by Crippen LogP contribution is 2.41. The van der Waals surface area contributed by atoms with E-state index in [-0.39, 0.29) is 0 Å². The van der Waals surface area contributed by atoms with Crippen LogP contribution >= 0.6 is 0 Å². The summed E-state index contributed by atoms with van der Waals surface area (Å²) in [5.41, 5.74) is 7.67. The van der Waals surface area contributed by atoms with Gasteiger partial charge in [-0.25, -0.2) is 0 Å². The van der Waals surface area contributed by atoms with Gasteiger partial charge in [0.1, 0.15) is 11.5 Å². The van der Waals surface area contributed by atoms with Gasteiger partial charge in [0.05, 0.1) is 47.0 Å². The fraction of sp³-hybridized carbons (Fsp3) is 0.500. The Labute approximate surface area is 290 Å². The van der Waals surface area contributed by atoms with Crippen molar-refractivity contribution in [3.63, 3.8) is 0 Å². The van der Waals surface area contributed by atoms with E-state index in [1.807, 2.05) is 45.2 Å². The van der Waals surface area contributed by atoms with E-state index in [1.165, 1.54) is 36.9 Å². The molecule has 0 N–H and O–H groups in total. The molecule has 0 unspecified atom stereocenters. The van der Waals surface area contributed by atoms with Crippen molar-refractivity contribution in [2.45, 2.75) is 73.6 Å². The maximum absolute atomic E-state index is 5.52. The molecule has 0 spiro atoms. The number of hydrogen-bond acceptors (Lipinski definition) is 8. The lowest BCUT2D eigenvalue weighted by Crippen LogP contribution is -2.29. The van der Waals surface area contributed by atoms with E-state index in [0.717, 1.165) is 72.1 Å². The first-order valence-corrected chi connectivity index (χ1v) is 17.3. The molecule has 2 aromatic carbocycles. The van der Waals surface area contributed by atoms with Crippen LogP contribution in [0, 0.1) is 6.92 Å². The minimum atomic E-state index is 0.588. The van der Waals surface area contributed by atoms with Gasteiger partial charge in [-0.2, -0.15) is 0 Å². The van der Waals surface area contributed by atoms with Gasteiger partial charge in [-0.1, -0.05) is 46.6 Å². The lowest BCUT2D eigenvalue weighted by Gasteiger charge is -2.24. The smallest absolute Gasteiger partial charge is 0.203 e. The summed E-state index contributed by atoms with van der Waals surface area (Å²) >= 11 is 0. The SMILES string of the molecule is CC.CCCCN(CCC)CC1=CC(c2cc(OC)c(C)c(OC)c2)=NCC1.CCc1ccnc(-c2cc(OC)c(OC)c(OC)c2)c1. The molecule has 1 aromatic heterocycles. The molecule has 8 heteroatoms. The van der Waals surface area contributed by atoms with Crippen LogP contribution in [-0.2, 0) is 6.42 Å². The maximum atomic E-state index is 5.52. The molecular weight excluding hydrogens is 602 g/mol. The third-order valence-corrected chi connectivity index (χ3v) is 8.09. The maximum Gasteiger partial charge on any atom is 0.203 e. The van der Waals surface area contributed by atoms with Crippen LogP contribution in [0.25, 0.3) is 11.3 Å². The fourth-order valence-electron chi connectivity index (χ4n) is 5.50. The molecule has 0 amide bonds. The zero-order valence-corrected chi connectivity index (χ0v) is 31.4. The van der Waals surface area contributed by atoms with Crippen LogP contribution < -0.4 is 23.7 Å². The number of ether oxygens (including phenoxy) is 5. The summed E-state index contributed by atoms with van der Waals surface area (Å²) < 4.78 is 27.1. The zero-order chi connectivity index (χ0) is 35.5. The van der Waals surface area contributed by atoms with E-state index in [0.29, 0.717) is 17.2 Å². The number of methoxy groups -OCH3 is 5. The van der Waals surface area contributed by atoms with Gasteiger partial charge in [-0.05, 0) is 93.7 Å². The van der Waals surface area contributed by atoms with Gasteiger partial charge in [-0.3, -0.25) is 14.9 Å². The Morgan fingerprint density at radius 2 is 1.33 bits per heavy atom. The predicted molar refractivity (Wildman–Crippen MR) is 200 cm³/mol. The number of unbranched alkanes of at least 4 members (excludes halogenated alkanes) is 1. The summed E-state index contributed by atoms with van der Waals surface area (Å²) in [4.78, 5) is 11.7. The number of nitrogens with zero attached hydrogens (tertiary/aromatic N) is 3. The van der Waals surface area contributed by atoms with Crippen molar-refractivity contribution in [3.05, 3.63) is 70.9 Å². The number of dihydropyridines is 1. The van der Waals surface area contributed by atoms with E-state index >= 15 is 0 Å². The van der Waals surface area contributed by atoms with Crippen molar-refractivity contribution in [1.29, 1.82) is 0 Å². The summed E-state index contributed by atoms with van der Waals surface area (Å²) in [5, 5.41) is 0. The van der Waals surface area contributed by atoms with Crippen LogP contribution in [0.5, 0.6) is 28.7 Å². The zero-order valence-electron chi connectivity index (χ0n) is 31.4. The summed E-state index contributed by atoms with van der Waals surface area (Å²) in [6.07, 6.45) is 9.81. The molecule has 0 saturated heterocycles. The second kappa shape index (κ2) is 21.8. The Bertz CT molecular complexity index is 1420. The highest BCUT2D eigenvalue weighted by Gasteiger charge is 2.17. The van der Waals surface area contributed by atoms with Gasteiger partial charge in [-0.15, -0.1) is 0 Å². The van der Waals surface area contributed by atoms with E-state index in [2.05, 4.69) is 54.9 Å². The van der Waals surface area contributed by atoms with E-state index in [1.54, 1.807) is 35.5 Å². The van der Waals surface area contributed by atoms with E-state index in [9.17, 15) is 0 Å². The van der Waals surface area contributed by atoms with Crippen LogP contribution in [-0.4, -0.2) is 77.3 Å². The third-order valence-electron chi connectivity index (χ3n) is 8.09. The summed E-state index contributed by atoms with van der Waals surface area (Å²) in [6, 6.07) is 12.0. The highest BCUT2D eigenvalue weighted by atomic mass is 16.5. The molecule has 3 aromatic rings. The number of aromatic nitrogens is 1. The molecule has 2 heterocycles. The lowest BCUT2D eigenvalue weighted by molar-refractivity contribution is 0.289. The summed E-state index contributed by atoms with van der Waals surface area (Å²) in [6.45, 7) is 16.9.